The Hall–Kier alpha value is -2.80. The van der Waals surface area contributed by atoms with Crippen LogP contribution in [0.15, 0.2) is 36.4 Å². The van der Waals surface area contributed by atoms with Crippen LogP contribution < -0.4 is 5.32 Å². The van der Waals surface area contributed by atoms with Gasteiger partial charge in [-0.1, -0.05) is 0 Å². The number of nitrogens with one attached hydrogen (secondary N) is 2. The first-order chi connectivity index (χ1) is 13.1. The van der Waals surface area contributed by atoms with Crippen molar-refractivity contribution in [3.8, 4) is 11.4 Å². The molecule has 27 heavy (non-hydrogen) atoms. The van der Waals surface area contributed by atoms with Crippen molar-refractivity contribution in [1.82, 2.24) is 9.97 Å². The number of hydrogen-bond donors (Lipinski definition) is 2. The van der Waals surface area contributed by atoms with E-state index in [1.54, 1.807) is 24.3 Å². The van der Waals surface area contributed by atoms with Crippen LogP contribution in [0.25, 0.3) is 22.4 Å². The first kappa shape index (κ1) is 16.4. The van der Waals surface area contributed by atoms with E-state index in [1.807, 2.05) is 0 Å². The topological polar surface area (TPSA) is 67.0 Å². The number of hydrogen-bond acceptors (Lipinski definition) is 3. The second-order valence-corrected chi connectivity index (χ2v) is 7.10. The number of carbonyl (C=O) groups excluding carboxylic acids is 1. The average Bonchev–Trinajstić information content (AvgIpc) is 3.27. The van der Waals surface area contributed by atoms with Gasteiger partial charge in [-0.2, -0.15) is 0 Å². The lowest BCUT2D eigenvalue weighted by molar-refractivity contribution is -0.118. The molecule has 1 saturated carbocycles. The Bertz CT molecular complexity index is 981. The van der Waals surface area contributed by atoms with Crippen LogP contribution in [0.2, 0.25) is 0 Å². The van der Waals surface area contributed by atoms with Crippen LogP contribution >= 0.6 is 0 Å². The number of fused-ring (bicyclic) bond motifs is 2. The number of H-pyrrole nitrogens is 1. The van der Waals surface area contributed by atoms with Crippen LogP contribution in [-0.4, -0.2) is 28.6 Å². The number of amides is 1. The molecule has 1 saturated heterocycles. The first-order valence-corrected chi connectivity index (χ1v) is 8.98. The molecule has 1 amide bonds. The monoisotopic (exact) mass is 369 g/mol. The van der Waals surface area contributed by atoms with Crippen molar-refractivity contribution in [3.63, 3.8) is 0 Å². The maximum absolute atomic E-state index is 13.3. The average molecular weight is 369 g/mol. The SMILES string of the molecule is O=C(Nc1ccc(-c2nc3cc(F)c(F)cc3[nH]2)cc1)[C@@H]1[C@H]2CCCO[C@H]21. The van der Waals surface area contributed by atoms with Gasteiger partial charge in [0.15, 0.2) is 11.6 Å². The summed E-state index contributed by atoms with van der Waals surface area (Å²) in [5, 5.41) is 2.93. The van der Waals surface area contributed by atoms with E-state index in [9.17, 15) is 13.6 Å². The molecule has 3 atom stereocenters. The minimum absolute atomic E-state index is 0.00524. The number of aromatic amines is 1. The summed E-state index contributed by atoms with van der Waals surface area (Å²) in [6.45, 7) is 0.741. The normalized spacial score (nSPS) is 23.9. The summed E-state index contributed by atoms with van der Waals surface area (Å²) in [5.74, 6) is -1.03. The van der Waals surface area contributed by atoms with Gasteiger partial charge < -0.3 is 15.0 Å². The zero-order valence-corrected chi connectivity index (χ0v) is 14.3. The summed E-state index contributed by atoms with van der Waals surface area (Å²) >= 11 is 0. The number of benzene rings is 2. The van der Waals surface area contributed by atoms with Crippen molar-refractivity contribution in [2.24, 2.45) is 11.8 Å². The van der Waals surface area contributed by atoms with E-state index in [2.05, 4.69) is 15.3 Å². The molecule has 0 unspecified atom stereocenters. The van der Waals surface area contributed by atoms with Gasteiger partial charge in [-0.3, -0.25) is 4.79 Å². The van der Waals surface area contributed by atoms with E-state index in [0.29, 0.717) is 28.5 Å². The summed E-state index contributed by atoms with van der Waals surface area (Å²) in [6, 6.07) is 9.33. The molecule has 5 nitrogen and oxygen atoms in total. The van der Waals surface area contributed by atoms with E-state index in [1.165, 1.54) is 0 Å². The van der Waals surface area contributed by atoms with E-state index in [-0.39, 0.29) is 17.9 Å². The number of carbonyl (C=O) groups is 1. The molecule has 2 N–H and O–H groups in total. The molecular weight excluding hydrogens is 352 g/mol. The maximum atomic E-state index is 13.3. The molecule has 1 aromatic heterocycles. The number of halogens is 2. The predicted octanol–water partition coefficient (Wildman–Crippen LogP) is 3.87. The molecule has 2 heterocycles. The molecule has 2 aliphatic rings. The highest BCUT2D eigenvalue weighted by molar-refractivity contribution is 5.95. The molecule has 0 bridgehead atoms. The van der Waals surface area contributed by atoms with Crippen molar-refractivity contribution < 1.29 is 18.3 Å². The summed E-state index contributed by atoms with van der Waals surface area (Å²) < 4.78 is 32.3. The lowest BCUT2D eigenvalue weighted by Gasteiger charge is -2.07. The van der Waals surface area contributed by atoms with E-state index < -0.39 is 11.6 Å². The minimum Gasteiger partial charge on any atom is -0.377 e. The van der Waals surface area contributed by atoms with Gasteiger partial charge in [-0.05, 0) is 37.1 Å². The largest absolute Gasteiger partial charge is 0.377 e. The maximum Gasteiger partial charge on any atom is 0.230 e. The van der Waals surface area contributed by atoms with Gasteiger partial charge in [-0.25, -0.2) is 13.8 Å². The van der Waals surface area contributed by atoms with Crippen LogP contribution in [-0.2, 0) is 9.53 Å². The van der Waals surface area contributed by atoms with Crippen molar-refractivity contribution in [1.29, 1.82) is 0 Å². The van der Waals surface area contributed by atoms with Crippen LogP contribution in [0.3, 0.4) is 0 Å². The van der Waals surface area contributed by atoms with Crippen molar-refractivity contribution >= 4 is 22.6 Å². The number of rotatable bonds is 3. The van der Waals surface area contributed by atoms with Crippen molar-refractivity contribution in [2.75, 3.05) is 11.9 Å². The molecule has 138 valence electrons. The Morgan fingerprint density at radius 1 is 1.19 bits per heavy atom. The third-order valence-corrected chi connectivity index (χ3v) is 5.34. The fraction of sp³-hybridized carbons (Fsp3) is 0.300. The third kappa shape index (κ3) is 2.88. The second kappa shape index (κ2) is 6.13. The van der Waals surface area contributed by atoms with E-state index in [4.69, 9.17) is 4.74 Å². The molecule has 5 rings (SSSR count). The Morgan fingerprint density at radius 3 is 2.70 bits per heavy atom. The Morgan fingerprint density at radius 2 is 1.96 bits per heavy atom. The quantitative estimate of drug-likeness (QED) is 0.736. The summed E-state index contributed by atoms with van der Waals surface area (Å²) in [6.07, 6.45) is 2.15. The highest BCUT2D eigenvalue weighted by Crippen LogP contribution is 2.48. The van der Waals surface area contributed by atoms with Crippen molar-refractivity contribution in [3.05, 3.63) is 48.0 Å². The van der Waals surface area contributed by atoms with Gasteiger partial charge >= 0.3 is 0 Å². The lowest BCUT2D eigenvalue weighted by Crippen LogP contribution is -2.16. The predicted molar refractivity (Wildman–Crippen MR) is 96.0 cm³/mol. The van der Waals surface area contributed by atoms with Gasteiger partial charge in [0, 0.05) is 35.9 Å². The molecule has 2 fully saturated rings. The fourth-order valence-corrected chi connectivity index (χ4v) is 3.87. The Labute approximate surface area is 153 Å². The molecule has 7 heteroatoms. The van der Waals surface area contributed by atoms with Gasteiger partial charge in [0.1, 0.15) is 5.82 Å². The Balaban J connectivity index is 1.32. The number of imidazole rings is 1. The highest BCUT2D eigenvalue weighted by Gasteiger charge is 2.56. The van der Waals surface area contributed by atoms with Crippen LogP contribution in [0.1, 0.15) is 12.8 Å². The smallest absolute Gasteiger partial charge is 0.230 e. The molecule has 0 radical (unpaired) electrons. The number of aromatic nitrogens is 2. The summed E-state index contributed by atoms with van der Waals surface area (Å²) in [4.78, 5) is 19.7. The molecular formula is C20H17F2N3O2. The standard InChI is InChI=1S/C20H17F2N3O2/c21-13-8-15-16(9-14(13)22)25-19(24-15)10-3-5-11(6-4-10)23-20(26)17-12-2-1-7-27-18(12)17/h3-6,8-9,12,17-18H,1-2,7H2,(H,23,26)(H,24,25)/t12-,17-,18-/m1/s1. The number of ether oxygens (including phenoxy) is 1. The highest BCUT2D eigenvalue weighted by atomic mass is 19.2. The van der Waals surface area contributed by atoms with Gasteiger partial charge in [0.25, 0.3) is 0 Å². The molecule has 2 aromatic carbocycles. The second-order valence-electron chi connectivity index (χ2n) is 7.10. The van der Waals surface area contributed by atoms with Crippen LogP contribution in [0, 0.1) is 23.5 Å². The van der Waals surface area contributed by atoms with Gasteiger partial charge in [0.05, 0.1) is 23.1 Å². The van der Waals surface area contributed by atoms with Gasteiger partial charge in [-0.15, -0.1) is 0 Å². The van der Waals surface area contributed by atoms with E-state index in [0.717, 1.165) is 37.1 Å². The fourth-order valence-electron chi connectivity index (χ4n) is 3.87. The zero-order chi connectivity index (χ0) is 18.5. The molecule has 3 aromatic rings. The van der Waals surface area contributed by atoms with Crippen LogP contribution in [0.5, 0.6) is 0 Å². The first-order valence-electron chi connectivity index (χ1n) is 8.98. The Kier molecular flexibility index (Phi) is 3.72. The summed E-state index contributed by atoms with van der Waals surface area (Å²) in [5.41, 5.74) is 2.24. The number of anilines is 1. The third-order valence-electron chi connectivity index (χ3n) is 5.34. The van der Waals surface area contributed by atoms with Crippen molar-refractivity contribution in [2.45, 2.75) is 18.9 Å². The van der Waals surface area contributed by atoms with Crippen LogP contribution in [0.4, 0.5) is 14.5 Å². The lowest BCUT2D eigenvalue weighted by atomic mass is 10.1. The molecule has 1 aliphatic carbocycles. The zero-order valence-electron chi connectivity index (χ0n) is 14.3. The minimum atomic E-state index is -0.928. The van der Waals surface area contributed by atoms with E-state index >= 15 is 0 Å². The molecule has 1 aliphatic heterocycles. The van der Waals surface area contributed by atoms with Gasteiger partial charge in [0.2, 0.25) is 5.91 Å². The summed E-state index contributed by atoms with van der Waals surface area (Å²) in [7, 11) is 0. The number of nitrogens with zero attached hydrogens (tertiary/aromatic N) is 1. The molecule has 0 spiro atoms.